The van der Waals surface area contributed by atoms with Crippen LogP contribution in [0.1, 0.15) is 35.2 Å². The van der Waals surface area contributed by atoms with Gasteiger partial charge in [0.05, 0.1) is 6.61 Å². The molecular weight excluding hydrogens is 337 g/mol. The van der Waals surface area contributed by atoms with Crippen LogP contribution in [0.5, 0.6) is 0 Å². The van der Waals surface area contributed by atoms with E-state index in [9.17, 15) is 22.8 Å². The maximum Gasteiger partial charge on any atom is 0.389 e. The van der Waals surface area contributed by atoms with Gasteiger partial charge in [-0.3, -0.25) is 9.59 Å². The zero-order chi connectivity index (χ0) is 18.7. The van der Waals surface area contributed by atoms with Gasteiger partial charge in [0.15, 0.2) is 0 Å². The van der Waals surface area contributed by atoms with E-state index in [1.54, 1.807) is 0 Å². The van der Waals surface area contributed by atoms with Gasteiger partial charge in [-0.15, -0.1) is 0 Å². The van der Waals surface area contributed by atoms with E-state index in [2.05, 4.69) is 0 Å². The summed E-state index contributed by atoms with van der Waals surface area (Å²) in [7, 11) is 1.43. The summed E-state index contributed by atoms with van der Waals surface area (Å²) in [4.78, 5) is 26.1. The molecule has 25 heavy (non-hydrogen) atoms. The van der Waals surface area contributed by atoms with Gasteiger partial charge in [0.1, 0.15) is 5.54 Å². The number of alkyl halides is 3. The summed E-state index contributed by atoms with van der Waals surface area (Å²) in [5.74, 6) is -1.00. The Balaban J connectivity index is 2.15. The molecule has 1 saturated heterocycles. The molecule has 0 radical (unpaired) electrons. The zero-order valence-electron chi connectivity index (χ0n) is 13.9. The van der Waals surface area contributed by atoms with Gasteiger partial charge in [-0.25, -0.2) is 0 Å². The molecule has 0 spiro atoms. The van der Waals surface area contributed by atoms with E-state index in [0.717, 1.165) is 0 Å². The van der Waals surface area contributed by atoms with Gasteiger partial charge in [-0.05, 0) is 37.0 Å². The molecule has 0 saturated carbocycles. The van der Waals surface area contributed by atoms with Crippen LogP contribution in [0.2, 0.25) is 0 Å². The van der Waals surface area contributed by atoms with E-state index in [4.69, 9.17) is 10.5 Å². The predicted octanol–water partition coefficient (Wildman–Crippen LogP) is 2.29. The number of nitrogens with zero attached hydrogens (tertiary/aromatic N) is 1. The van der Waals surface area contributed by atoms with Crippen LogP contribution in [-0.4, -0.2) is 48.7 Å². The first kappa shape index (κ1) is 19.2. The van der Waals surface area contributed by atoms with Crippen LogP contribution in [-0.2, 0) is 16.0 Å². The number of carbonyl (C=O) groups is 2. The first-order valence-electron chi connectivity index (χ1n) is 7.96. The van der Waals surface area contributed by atoms with Crippen molar-refractivity contribution in [3.63, 3.8) is 0 Å². The van der Waals surface area contributed by atoms with Crippen LogP contribution >= 0.6 is 0 Å². The van der Waals surface area contributed by atoms with Crippen LogP contribution in [0, 0.1) is 0 Å². The second-order valence-electron chi connectivity index (χ2n) is 6.20. The minimum atomic E-state index is -4.22. The first-order chi connectivity index (χ1) is 11.7. The number of ether oxygens (including phenoxy) is 1. The van der Waals surface area contributed by atoms with Crippen molar-refractivity contribution in [3.05, 3.63) is 35.4 Å². The standard InChI is InChI=1S/C17H21F3N2O3/c1-25-11-16(15(21)24)8-2-10-22(16)14(23)13-5-3-12(4-6-13)7-9-17(18,19)20/h3-6H,2,7-11H2,1H3,(H2,21,24). The molecule has 1 atom stereocenters. The summed E-state index contributed by atoms with van der Waals surface area (Å²) < 4.78 is 41.9. The number of aryl methyl sites for hydroxylation is 1. The van der Waals surface area contributed by atoms with Crippen molar-refractivity contribution < 1.29 is 27.5 Å². The summed E-state index contributed by atoms with van der Waals surface area (Å²) in [5.41, 5.74) is 5.13. The Hall–Kier alpha value is -2.09. The molecule has 1 unspecified atom stereocenters. The predicted molar refractivity (Wildman–Crippen MR) is 84.9 cm³/mol. The molecule has 2 N–H and O–H groups in total. The number of likely N-dealkylation sites (tertiary alicyclic amines) is 1. The van der Waals surface area contributed by atoms with E-state index in [1.165, 1.54) is 36.3 Å². The Morgan fingerprint density at radius 2 is 1.92 bits per heavy atom. The Kier molecular flexibility index (Phi) is 5.72. The number of benzene rings is 1. The van der Waals surface area contributed by atoms with E-state index in [1.807, 2.05) is 0 Å². The fraction of sp³-hybridized carbons (Fsp3) is 0.529. The summed E-state index contributed by atoms with van der Waals surface area (Å²) in [5, 5.41) is 0. The molecule has 1 aliphatic heterocycles. The molecule has 5 nitrogen and oxygen atoms in total. The second kappa shape index (κ2) is 7.43. The van der Waals surface area contributed by atoms with Gasteiger partial charge in [0, 0.05) is 25.6 Å². The monoisotopic (exact) mass is 358 g/mol. The van der Waals surface area contributed by atoms with Gasteiger partial charge in [-0.1, -0.05) is 12.1 Å². The average molecular weight is 358 g/mol. The minimum absolute atomic E-state index is 0.0116. The Morgan fingerprint density at radius 1 is 1.28 bits per heavy atom. The molecule has 138 valence electrons. The maximum absolute atomic E-state index is 12.8. The van der Waals surface area contributed by atoms with Crippen molar-refractivity contribution >= 4 is 11.8 Å². The smallest absolute Gasteiger partial charge is 0.382 e. The normalized spacial score (nSPS) is 20.7. The Bertz CT molecular complexity index is 631. The van der Waals surface area contributed by atoms with Crippen molar-refractivity contribution in [1.82, 2.24) is 4.90 Å². The molecule has 1 aromatic carbocycles. The lowest BCUT2D eigenvalue weighted by molar-refractivity contribution is -0.134. The summed E-state index contributed by atoms with van der Waals surface area (Å²) in [6, 6.07) is 5.95. The van der Waals surface area contributed by atoms with Crippen molar-refractivity contribution in [1.29, 1.82) is 0 Å². The molecule has 0 bridgehead atoms. The molecule has 1 aromatic rings. The van der Waals surface area contributed by atoms with Crippen LogP contribution in [0.3, 0.4) is 0 Å². The lowest BCUT2D eigenvalue weighted by Crippen LogP contribution is -2.58. The highest BCUT2D eigenvalue weighted by atomic mass is 19.4. The third kappa shape index (κ3) is 4.31. The summed E-state index contributed by atoms with van der Waals surface area (Å²) in [6.45, 7) is 0.388. The third-order valence-electron chi connectivity index (χ3n) is 4.47. The molecule has 0 aromatic heterocycles. The van der Waals surface area contributed by atoms with Crippen molar-refractivity contribution in [3.8, 4) is 0 Å². The van der Waals surface area contributed by atoms with Crippen LogP contribution in [0.25, 0.3) is 0 Å². The molecule has 0 aliphatic carbocycles. The molecule has 8 heteroatoms. The summed E-state index contributed by atoms with van der Waals surface area (Å²) in [6.07, 6.45) is -4.22. The molecule has 1 fully saturated rings. The molecule has 2 amide bonds. The average Bonchev–Trinajstić information content (AvgIpc) is 2.97. The van der Waals surface area contributed by atoms with E-state index in [0.29, 0.717) is 30.5 Å². The van der Waals surface area contributed by atoms with Crippen LogP contribution in [0.4, 0.5) is 13.2 Å². The topological polar surface area (TPSA) is 72.6 Å². The number of rotatable bonds is 6. The Morgan fingerprint density at radius 3 is 2.44 bits per heavy atom. The number of halogens is 3. The lowest BCUT2D eigenvalue weighted by atomic mass is 9.95. The second-order valence-corrected chi connectivity index (χ2v) is 6.20. The van der Waals surface area contributed by atoms with Crippen molar-refractivity contribution in [2.75, 3.05) is 20.3 Å². The number of carbonyl (C=O) groups excluding carboxylic acids is 2. The van der Waals surface area contributed by atoms with Crippen molar-refractivity contribution in [2.24, 2.45) is 5.73 Å². The molecule has 1 heterocycles. The van der Waals surface area contributed by atoms with Gasteiger partial charge in [0.25, 0.3) is 5.91 Å². The fourth-order valence-electron chi connectivity index (χ4n) is 3.15. The minimum Gasteiger partial charge on any atom is -0.382 e. The highest BCUT2D eigenvalue weighted by Gasteiger charge is 2.48. The largest absolute Gasteiger partial charge is 0.389 e. The van der Waals surface area contributed by atoms with Gasteiger partial charge >= 0.3 is 6.18 Å². The number of methoxy groups -OCH3 is 1. The summed E-state index contributed by atoms with van der Waals surface area (Å²) >= 11 is 0. The maximum atomic E-state index is 12.8. The quantitative estimate of drug-likeness (QED) is 0.848. The highest BCUT2D eigenvalue weighted by Crippen LogP contribution is 2.31. The SMILES string of the molecule is COCC1(C(N)=O)CCCN1C(=O)c1ccc(CCC(F)(F)F)cc1. The fourth-order valence-corrected chi connectivity index (χ4v) is 3.15. The number of primary amides is 1. The van der Waals surface area contributed by atoms with Crippen molar-refractivity contribution in [2.45, 2.75) is 37.4 Å². The highest BCUT2D eigenvalue weighted by molar-refractivity contribution is 5.99. The molecular formula is C17H21F3N2O3. The number of hydrogen-bond donors (Lipinski definition) is 1. The van der Waals surface area contributed by atoms with E-state index < -0.39 is 24.0 Å². The van der Waals surface area contributed by atoms with E-state index >= 15 is 0 Å². The zero-order valence-corrected chi connectivity index (χ0v) is 13.9. The number of nitrogens with two attached hydrogens (primary N) is 1. The van der Waals surface area contributed by atoms with Gasteiger partial charge < -0.3 is 15.4 Å². The van der Waals surface area contributed by atoms with Gasteiger partial charge in [-0.2, -0.15) is 13.2 Å². The van der Waals surface area contributed by atoms with Gasteiger partial charge in [0.2, 0.25) is 5.91 Å². The number of hydrogen-bond acceptors (Lipinski definition) is 3. The van der Waals surface area contributed by atoms with Crippen LogP contribution in [0.15, 0.2) is 24.3 Å². The van der Waals surface area contributed by atoms with Crippen LogP contribution < -0.4 is 5.73 Å². The third-order valence-corrected chi connectivity index (χ3v) is 4.47. The number of amides is 2. The Labute approximate surface area is 143 Å². The lowest BCUT2D eigenvalue weighted by Gasteiger charge is -2.35. The van der Waals surface area contributed by atoms with E-state index in [-0.39, 0.29) is 18.9 Å². The first-order valence-corrected chi connectivity index (χ1v) is 7.96. The molecule has 2 rings (SSSR count). The molecule has 1 aliphatic rings.